The lowest BCUT2D eigenvalue weighted by Gasteiger charge is -2.17. The fourth-order valence-electron chi connectivity index (χ4n) is 3.34. The number of ether oxygens (including phenoxy) is 2. The molecule has 6 nitrogen and oxygen atoms in total. The number of nitrogens with zero attached hydrogens (tertiary/aromatic N) is 3. The fraction of sp³-hybridized carbons (Fsp3) is 0.273. The number of hydrogen-bond donors (Lipinski definition) is 0. The SMILES string of the molecule is CO[C@H]1CCN(c2ccc(-n3ccc(OCc4ccccc4)cc3=O)cn2)C1. The second-order valence-electron chi connectivity index (χ2n) is 6.81. The van der Waals surface area contributed by atoms with Crippen molar-refractivity contribution < 1.29 is 9.47 Å². The van der Waals surface area contributed by atoms with Crippen LogP contribution in [0.4, 0.5) is 5.82 Å². The minimum Gasteiger partial charge on any atom is -0.489 e. The number of aromatic nitrogens is 2. The van der Waals surface area contributed by atoms with Crippen LogP contribution < -0.4 is 15.2 Å². The van der Waals surface area contributed by atoms with E-state index < -0.39 is 0 Å². The van der Waals surface area contributed by atoms with Gasteiger partial charge in [0, 0.05) is 32.5 Å². The molecule has 0 bridgehead atoms. The first-order valence-corrected chi connectivity index (χ1v) is 9.36. The Morgan fingerprint density at radius 1 is 1.14 bits per heavy atom. The molecule has 1 saturated heterocycles. The molecule has 1 fully saturated rings. The summed E-state index contributed by atoms with van der Waals surface area (Å²) in [6.45, 7) is 2.20. The van der Waals surface area contributed by atoms with E-state index in [1.54, 1.807) is 30.1 Å². The first-order valence-electron chi connectivity index (χ1n) is 9.36. The second kappa shape index (κ2) is 8.27. The van der Waals surface area contributed by atoms with E-state index in [2.05, 4.69) is 9.88 Å². The molecule has 0 saturated carbocycles. The summed E-state index contributed by atoms with van der Waals surface area (Å²) in [5, 5.41) is 0. The van der Waals surface area contributed by atoms with E-state index in [4.69, 9.17) is 9.47 Å². The summed E-state index contributed by atoms with van der Waals surface area (Å²) in [4.78, 5) is 19.2. The van der Waals surface area contributed by atoms with Crippen LogP contribution in [0.5, 0.6) is 5.75 Å². The van der Waals surface area contributed by atoms with E-state index in [9.17, 15) is 4.79 Å². The summed E-state index contributed by atoms with van der Waals surface area (Å²) in [5.41, 5.74) is 1.63. The smallest absolute Gasteiger partial charge is 0.258 e. The van der Waals surface area contributed by atoms with Gasteiger partial charge in [-0.25, -0.2) is 4.98 Å². The van der Waals surface area contributed by atoms with Gasteiger partial charge < -0.3 is 14.4 Å². The van der Waals surface area contributed by atoms with Gasteiger partial charge in [-0.15, -0.1) is 0 Å². The highest BCUT2D eigenvalue weighted by molar-refractivity contribution is 5.44. The Hall–Kier alpha value is -3.12. The topological polar surface area (TPSA) is 56.6 Å². The maximum Gasteiger partial charge on any atom is 0.258 e. The van der Waals surface area contributed by atoms with E-state index in [1.165, 1.54) is 6.07 Å². The Labute approximate surface area is 164 Å². The Kier molecular flexibility index (Phi) is 5.39. The summed E-state index contributed by atoms with van der Waals surface area (Å²) in [5.74, 6) is 1.46. The normalized spacial score (nSPS) is 16.3. The molecule has 28 heavy (non-hydrogen) atoms. The lowest BCUT2D eigenvalue weighted by Crippen LogP contribution is -2.23. The number of methoxy groups -OCH3 is 1. The van der Waals surface area contributed by atoms with Gasteiger partial charge in [0.05, 0.1) is 18.0 Å². The molecule has 0 unspecified atom stereocenters. The van der Waals surface area contributed by atoms with Gasteiger partial charge in [0.2, 0.25) is 0 Å². The first-order chi connectivity index (χ1) is 13.7. The largest absolute Gasteiger partial charge is 0.489 e. The zero-order valence-corrected chi connectivity index (χ0v) is 15.8. The minimum absolute atomic E-state index is 0.152. The van der Waals surface area contributed by atoms with Crippen LogP contribution in [0, 0.1) is 0 Å². The van der Waals surface area contributed by atoms with Gasteiger partial charge in [0.15, 0.2) is 0 Å². The van der Waals surface area contributed by atoms with Crippen LogP contribution >= 0.6 is 0 Å². The van der Waals surface area contributed by atoms with Gasteiger partial charge in [-0.3, -0.25) is 9.36 Å². The average Bonchev–Trinajstić information content (AvgIpc) is 3.23. The molecule has 1 atom stereocenters. The molecule has 144 valence electrons. The summed E-state index contributed by atoms with van der Waals surface area (Å²) >= 11 is 0. The van der Waals surface area contributed by atoms with E-state index in [1.807, 2.05) is 42.5 Å². The molecular weight excluding hydrogens is 354 g/mol. The molecular formula is C22H23N3O3. The summed E-state index contributed by atoms with van der Waals surface area (Å²) < 4.78 is 12.7. The molecule has 0 amide bonds. The molecule has 3 heterocycles. The van der Waals surface area contributed by atoms with E-state index >= 15 is 0 Å². The van der Waals surface area contributed by atoms with Crippen LogP contribution in [0.2, 0.25) is 0 Å². The van der Waals surface area contributed by atoms with E-state index in [-0.39, 0.29) is 11.7 Å². The summed E-state index contributed by atoms with van der Waals surface area (Å²) in [6, 6.07) is 17.0. The molecule has 0 radical (unpaired) electrons. The maximum absolute atomic E-state index is 12.5. The molecule has 1 aromatic carbocycles. The number of pyridine rings is 2. The summed E-state index contributed by atoms with van der Waals surface area (Å²) in [7, 11) is 1.74. The second-order valence-corrected chi connectivity index (χ2v) is 6.81. The first kappa shape index (κ1) is 18.3. The lowest BCUT2D eigenvalue weighted by molar-refractivity contribution is 0.121. The van der Waals surface area contributed by atoms with Crippen molar-refractivity contribution >= 4 is 5.82 Å². The third-order valence-electron chi connectivity index (χ3n) is 4.95. The third-order valence-corrected chi connectivity index (χ3v) is 4.95. The highest BCUT2D eigenvalue weighted by Gasteiger charge is 2.22. The van der Waals surface area contributed by atoms with Gasteiger partial charge in [0.1, 0.15) is 18.2 Å². The average molecular weight is 377 g/mol. The molecule has 2 aromatic heterocycles. The quantitative estimate of drug-likeness (QED) is 0.661. The number of rotatable bonds is 6. The van der Waals surface area contributed by atoms with Crippen LogP contribution in [0.3, 0.4) is 0 Å². The van der Waals surface area contributed by atoms with E-state index in [0.717, 1.165) is 36.6 Å². The standard InChI is InChI=1S/C22H23N3O3/c1-27-20-9-11-24(15-20)21-8-7-18(14-23-21)25-12-10-19(13-22(25)26)28-16-17-5-3-2-4-6-17/h2-8,10,12-14,20H,9,11,15-16H2,1H3/t20-/m0/s1. The highest BCUT2D eigenvalue weighted by atomic mass is 16.5. The van der Waals surface area contributed by atoms with Gasteiger partial charge >= 0.3 is 0 Å². The molecule has 4 rings (SSSR count). The van der Waals surface area contributed by atoms with Gasteiger partial charge in [-0.05, 0) is 30.2 Å². The predicted molar refractivity (Wildman–Crippen MR) is 108 cm³/mol. The van der Waals surface area contributed by atoms with Gasteiger partial charge in [-0.2, -0.15) is 0 Å². The maximum atomic E-state index is 12.5. The van der Waals surface area contributed by atoms with Gasteiger partial charge in [-0.1, -0.05) is 30.3 Å². The molecule has 1 aliphatic rings. The predicted octanol–water partition coefficient (Wildman–Crippen LogP) is 3.04. The summed E-state index contributed by atoms with van der Waals surface area (Å²) in [6.07, 6.45) is 4.70. The fourth-order valence-corrected chi connectivity index (χ4v) is 3.34. The monoisotopic (exact) mass is 377 g/mol. The van der Waals surface area contributed by atoms with Crippen molar-refractivity contribution in [3.05, 3.63) is 82.9 Å². The Morgan fingerprint density at radius 3 is 2.68 bits per heavy atom. The Bertz CT molecular complexity index is 970. The molecule has 0 spiro atoms. The number of hydrogen-bond acceptors (Lipinski definition) is 5. The number of anilines is 1. The molecule has 0 N–H and O–H groups in total. The van der Waals surface area contributed by atoms with Crippen molar-refractivity contribution in [2.75, 3.05) is 25.1 Å². The molecule has 6 heteroatoms. The van der Waals surface area contributed by atoms with Crippen molar-refractivity contribution in [1.82, 2.24) is 9.55 Å². The number of benzene rings is 1. The lowest BCUT2D eigenvalue weighted by atomic mass is 10.2. The Morgan fingerprint density at radius 2 is 2.00 bits per heavy atom. The van der Waals surface area contributed by atoms with Crippen molar-refractivity contribution in [3.63, 3.8) is 0 Å². The van der Waals surface area contributed by atoms with Crippen LogP contribution in [0.25, 0.3) is 5.69 Å². The third kappa shape index (κ3) is 4.07. The van der Waals surface area contributed by atoms with Crippen molar-refractivity contribution in [2.24, 2.45) is 0 Å². The van der Waals surface area contributed by atoms with Crippen LogP contribution in [-0.4, -0.2) is 35.9 Å². The minimum atomic E-state index is -0.152. The van der Waals surface area contributed by atoms with Crippen molar-refractivity contribution in [2.45, 2.75) is 19.1 Å². The zero-order chi connectivity index (χ0) is 19.3. The molecule has 3 aromatic rings. The van der Waals surface area contributed by atoms with Crippen LogP contribution in [0.1, 0.15) is 12.0 Å². The Balaban J connectivity index is 1.45. The molecule has 1 aliphatic heterocycles. The van der Waals surface area contributed by atoms with Crippen LogP contribution in [0.15, 0.2) is 71.8 Å². The van der Waals surface area contributed by atoms with Crippen molar-refractivity contribution in [3.8, 4) is 11.4 Å². The van der Waals surface area contributed by atoms with Crippen molar-refractivity contribution in [1.29, 1.82) is 0 Å². The highest BCUT2D eigenvalue weighted by Crippen LogP contribution is 2.20. The zero-order valence-electron chi connectivity index (χ0n) is 15.8. The van der Waals surface area contributed by atoms with Crippen LogP contribution in [-0.2, 0) is 11.3 Å². The van der Waals surface area contributed by atoms with Gasteiger partial charge in [0.25, 0.3) is 5.56 Å². The van der Waals surface area contributed by atoms with E-state index in [0.29, 0.717) is 12.4 Å². The molecule has 0 aliphatic carbocycles.